The Morgan fingerprint density at radius 2 is 2.06 bits per heavy atom. The quantitative estimate of drug-likeness (QED) is 0.530. The van der Waals surface area contributed by atoms with E-state index in [-0.39, 0.29) is 6.10 Å². The summed E-state index contributed by atoms with van der Waals surface area (Å²) in [4.78, 5) is 4.28. The lowest BCUT2D eigenvalue weighted by Gasteiger charge is -2.12. The molecule has 0 radical (unpaired) electrons. The second kappa shape index (κ2) is 8.71. The van der Waals surface area contributed by atoms with Crippen LogP contribution in [0.25, 0.3) is 0 Å². The summed E-state index contributed by atoms with van der Waals surface area (Å²) in [5, 5.41) is 1.11. The largest absolute Gasteiger partial charge is 0.372 e. The third kappa shape index (κ3) is 5.61. The molecule has 0 fully saturated rings. The van der Waals surface area contributed by atoms with Gasteiger partial charge in [0.05, 0.1) is 11.8 Å². The molecular formula is C13H20BrNO. The molecule has 0 aliphatic rings. The van der Waals surface area contributed by atoms with E-state index in [9.17, 15) is 0 Å². The van der Waals surface area contributed by atoms with Crippen LogP contribution in [0.3, 0.4) is 0 Å². The molecule has 0 bridgehead atoms. The van der Waals surface area contributed by atoms with Crippen molar-refractivity contribution in [2.24, 2.45) is 0 Å². The average Bonchev–Trinajstić information content (AvgIpc) is 2.34. The third-order valence-electron chi connectivity index (χ3n) is 2.50. The highest BCUT2D eigenvalue weighted by Crippen LogP contribution is 2.14. The summed E-state index contributed by atoms with van der Waals surface area (Å²) < 4.78 is 5.73. The Bertz CT molecular complexity index is 266. The van der Waals surface area contributed by atoms with E-state index in [0.29, 0.717) is 0 Å². The molecule has 0 spiro atoms. The van der Waals surface area contributed by atoms with Gasteiger partial charge >= 0.3 is 0 Å². The number of nitrogens with zero attached hydrogens (tertiary/aromatic N) is 1. The minimum absolute atomic E-state index is 0.109. The van der Waals surface area contributed by atoms with Crippen molar-refractivity contribution in [1.29, 1.82) is 0 Å². The van der Waals surface area contributed by atoms with Crippen LogP contribution in [-0.4, -0.2) is 16.9 Å². The fraction of sp³-hybridized carbons (Fsp3) is 0.615. The molecule has 1 aromatic heterocycles. The van der Waals surface area contributed by atoms with E-state index >= 15 is 0 Å². The van der Waals surface area contributed by atoms with Crippen molar-refractivity contribution in [3.63, 3.8) is 0 Å². The SMILES string of the molecule is CC(OCCCCCCBr)c1ccccn1. The molecule has 0 N–H and O–H groups in total. The van der Waals surface area contributed by atoms with Gasteiger partial charge in [-0.2, -0.15) is 0 Å². The Kier molecular flexibility index (Phi) is 7.43. The maximum absolute atomic E-state index is 5.73. The first-order valence-corrected chi connectivity index (χ1v) is 7.05. The van der Waals surface area contributed by atoms with Crippen LogP contribution >= 0.6 is 15.9 Å². The van der Waals surface area contributed by atoms with Crippen molar-refractivity contribution in [3.8, 4) is 0 Å². The molecule has 1 atom stereocenters. The Morgan fingerprint density at radius 3 is 2.75 bits per heavy atom. The van der Waals surface area contributed by atoms with E-state index in [0.717, 1.165) is 24.1 Å². The second-order valence-electron chi connectivity index (χ2n) is 3.87. The van der Waals surface area contributed by atoms with Crippen LogP contribution in [0.1, 0.15) is 44.4 Å². The topological polar surface area (TPSA) is 22.1 Å². The standard InChI is InChI=1S/C13H20BrNO/c1-12(13-8-4-6-10-15-13)16-11-7-3-2-5-9-14/h4,6,8,10,12H,2-3,5,7,9,11H2,1H3. The Balaban J connectivity index is 2.09. The minimum atomic E-state index is 0.109. The number of alkyl halides is 1. The zero-order valence-electron chi connectivity index (χ0n) is 9.86. The molecule has 0 aliphatic carbocycles. The van der Waals surface area contributed by atoms with Gasteiger partial charge < -0.3 is 4.74 Å². The molecule has 0 amide bonds. The van der Waals surface area contributed by atoms with E-state index in [2.05, 4.69) is 27.8 Å². The van der Waals surface area contributed by atoms with Gasteiger partial charge in [-0.1, -0.05) is 34.8 Å². The van der Waals surface area contributed by atoms with E-state index in [1.54, 1.807) is 0 Å². The number of ether oxygens (including phenoxy) is 1. The first-order chi connectivity index (χ1) is 7.84. The molecule has 3 heteroatoms. The number of pyridine rings is 1. The van der Waals surface area contributed by atoms with Gasteiger partial charge in [-0.25, -0.2) is 0 Å². The molecule has 1 rings (SSSR count). The summed E-state index contributed by atoms with van der Waals surface area (Å²) in [5.74, 6) is 0. The number of halogens is 1. The highest BCUT2D eigenvalue weighted by atomic mass is 79.9. The highest BCUT2D eigenvalue weighted by molar-refractivity contribution is 9.09. The Hall–Kier alpha value is -0.410. The molecule has 0 saturated heterocycles. The summed E-state index contributed by atoms with van der Waals surface area (Å²) in [6, 6.07) is 5.93. The normalized spacial score (nSPS) is 12.6. The van der Waals surface area contributed by atoms with Gasteiger partial charge in [0, 0.05) is 18.1 Å². The number of unbranched alkanes of at least 4 members (excludes halogenated alkanes) is 3. The van der Waals surface area contributed by atoms with Crippen LogP contribution in [-0.2, 0) is 4.74 Å². The van der Waals surface area contributed by atoms with Crippen molar-refractivity contribution in [1.82, 2.24) is 4.98 Å². The number of rotatable bonds is 8. The van der Waals surface area contributed by atoms with E-state index in [4.69, 9.17) is 4.74 Å². The van der Waals surface area contributed by atoms with Crippen molar-refractivity contribution >= 4 is 15.9 Å². The third-order valence-corrected chi connectivity index (χ3v) is 3.06. The van der Waals surface area contributed by atoms with Gasteiger partial charge in [0.2, 0.25) is 0 Å². The van der Waals surface area contributed by atoms with Gasteiger partial charge in [0.25, 0.3) is 0 Å². The molecule has 16 heavy (non-hydrogen) atoms. The first kappa shape index (κ1) is 13.7. The van der Waals surface area contributed by atoms with Gasteiger partial charge in [-0.05, 0) is 31.9 Å². The zero-order chi connectivity index (χ0) is 11.6. The smallest absolute Gasteiger partial charge is 0.0966 e. The van der Waals surface area contributed by atoms with Crippen LogP contribution in [0.2, 0.25) is 0 Å². The monoisotopic (exact) mass is 285 g/mol. The fourth-order valence-electron chi connectivity index (χ4n) is 1.51. The lowest BCUT2D eigenvalue weighted by molar-refractivity contribution is 0.0600. The molecule has 1 aromatic rings. The van der Waals surface area contributed by atoms with Crippen molar-refractivity contribution in [2.75, 3.05) is 11.9 Å². The summed E-state index contributed by atoms with van der Waals surface area (Å²) in [6.07, 6.45) is 6.86. The van der Waals surface area contributed by atoms with Crippen LogP contribution in [0.4, 0.5) is 0 Å². The number of aromatic nitrogens is 1. The minimum Gasteiger partial charge on any atom is -0.372 e. The lowest BCUT2D eigenvalue weighted by atomic mass is 10.2. The molecule has 0 saturated carbocycles. The maximum atomic E-state index is 5.73. The fourth-order valence-corrected chi connectivity index (χ4v) is 1.91. The second-order valence-corrected chi connectivity index (χ2v) is 4.66. The maximum Gasteiger partial charge on any atom is 0.0966 e. The summed E-state index contributed by atoms with van der Waals surface area (Å²) in [7, 11) is 0. The lowest BCUT2D eigenvalue weighted by Crippen LogP contribution is -2.03. The van der Waals surface area contributed by atoms with Gasteiger partial charge in [0.1, 0.15) is 0 Å². The van der Waals surface area contributed by atoms with E-state index < -0.39 is 0 Å². The van der Waals surface area contributed by atoms with Crippen LogP contribution in [0.15, 0.2) is 24.4 Å². The van der Waals surface area contributed by atoms with Crippen molar-refractivity contribution in [3.05, 3.63) is 30.1 Å². The van der Waals surface area contributed by atoms with Crippen molar-refractivity contribution < 1.29 is 4.74 Å². The van der Waals surface area contributed by atoms with Gasteiger partial charge in [-0.3, -0.25) is 4.98 Å². The number of hydrogen-bond donors (Lipinski definition) is 0. The van der Waals surface area contributed by atoms with E-state index in [1.807, 2.05) is 24.4 Å². The van der Waals surface area contributed by atoms with Crippen LogP contribution < -0.4 is 0 Å². The van der Waals surface area contributed by atoms with Crippen LogP contribution in [0, 0.1) is 0 Å². The molecule has 2 nitrogen and oxygen atoms in total. The Morgan fingerprint density at radius 1 is 1.25 bits per heavy atom. The molecule has 1 heterocycles. The van der Waals surface area contributed by atoms with Crippen molar-refractivity contribution in [2.45, 2.75) is 38.7 Å². The van der Waals surface area contributed by atoms with Gasteiger partial charge in [-0.15, -0.1) is 0 Å². The zero-order valence-corrected chi connectivity index (χ0v) is 11.4. The molecule has 1 unspecified atom stereocenters. The van der Waals surface area contributed by atoms with Gasteiger partial charge in [0.15, 0.2) is 0 Å². The summed E-state index contributed by atoms with van der Waals surface area (Å²) in [5.41, 5.74) is 1.02. The molecule has 0 aliphatic heterocycles. The molecule has 0 aromatic carbocycles. The first-order valence-electron chi connectivity index (χ1n) is 5.93. The predicted molar refractivity (Wildman–Crippen MR) is 70.9 cm³/mol. The summed E-state index contributed by atoms with van der Waals surface area (Å²) in [6.45, 7) is 2.89. The van der Waals surface area contributed by atoms with E-state index in [1.165, 1.54) is 19.3 Å². The molecular weight excluding hydrogens is 266 g/mol. The molecule has 90 valence electrons. The number of hydrogen-bond acceptors (Lipinski definition) is 2. The predicted octanol–water partition coefficient (Wildman–Crippen LogP) is 4.11. The van der Waals surface area contributed by atoms with Crippen LogP contribution in [0.5, 0.6) is 0 Å². The average molecular weight is 286 g/mol. The Labute approximate surface area is 107 Å². The highest BCUT2D eigenvalue weighted by Gasteiger charge is 2.05. The summed E-state index contributed by atoms with van der Waals surface area (Å²) >= 11 is 3.43.